The summed E-state index contributed by atoms with van der Waals surface area (Å²) >= 11 is 0. The van der Waals surface area contributed by atoms with Gasteiger partial charge >= 0.3 is 0 Å². The Hall–Kier alpha value is -1.64. The molecule has 2 aromatic rings. The van der Waals surface area contributed by atoms with E-state index in [0.717, 1.165) is 26.2 Å². The van der Waals surface area contributed by atoms with Crippen LogP contribution in [0.15, 0.2) is 60.7 Å². The molecule has 2 heteroatoms. The van der Waals surface area contributed by atoms with Crippen molar-refractivity contribution in [2.24, 2.45) is 0 Å². The second-order valence-corrected chi connectivity index (χ2v) is 5.40. The third-order valence-corrected chi connectivity index (χ3v) is 3.76. The molecule has 0 aromatic heterocycles. The van der Waals surface area contributed by atoms with Gasteiger partial charge in [-0.2, -0.15) is 0 Å². The van der Waals surface area contributed by atoms with Crippen molar-refractivity contribution in [1.82, 2.24) is 4.90 Å². The molecular weight excluding hydrogens is 246 g/mol. The van der Waals surface area contributed by atoms with Gasteiger partial charge in [0.05, 0.1) is 6.61 Å². The Kier molecular flexibility index (Phi) is 4.46. The molecule has 0 spiro atoms. The molecule has 1 unspecified atom stereocenters. The third kappa shape index (κ3) is 3.92. The first kappa shape index (κ1) is 13.3. The van der Waals surface area contributed by atoms with Crippen molar-refractivity contribution in [3.8, 4) is 0 Å². The van der Waals surface area contributed by atoms with Crippen LogP contribution in [0.5, 0.6) is 0 Å². The average Bonchev–Trinajstić information content (AvgIpc) is 3.24. The minimum Gasteiger partial charge on any atom is -0.377 e. The van der Waals surface area contributed by atoms with Gasteiger partial charge in [0, 0.05) is 25.7 Å². The highest BCUT2D eigenvalue weighted by Crippen LogP contribution is 2.23. The van der Waals surface area contributed by atoms with Crippen LogP contribution in [0.1, 0.15) is 17.5 Å². The molecule has 0 saturated carbocycles. The van der Waals surface area contributed by atoms with Crippen LogP contribution in [-0.4, -0.2) is 24.1 Å². The van der Waals surface area contributed by atoms with Crippen LogP contribution in [0, 0.1) is 0 Å². The van der Waals surface area contributed by atoms with E-state index in [1.54, 1.807) is 0 Å². The molecule has 2 nitrogen and oxygen atoms in total. The van der Waals surface area contributed by atoms with Crippen LogP contribution in [0.2, 0.25) is 0 Å². The topological polar surface area (TPSA) is 12.2 Å². The van der Waals surface area contributed by atoms with Gasteiger partial charge in [-0.25, -0.2) is 0 Å². The molecule has 0 aliphatic carbocycles. The van der Waals surface area contributed by atoms with E-state index in [2.05, 4.69) is 59.5 Å². The van der Waals surface area contributed by atoms with Crippen molar-refractivity contribution >= 4 is 0 Å². The fourth-order valence-corrected chi connectivity index (χ4v) is 2.49. The summed E-state index contributed by atoms with van der Waals surface area (Å²) < 4.78 is 5.74. The lowest BCUT2D eigenvalue weighted by molar-refractivity contribution is 0.116. The van der Waals surface area contributed by atoms with Crippen molar-refractivity contribution in [2.45, 2.75) is 25.6 Å². The highest BCUT2D eigenvalue weighted by atomic mass is 16.5. The number of ether oxygens (including phenoxy) is 1. The maximum absolute atomic E-state index is 5.74. The van der Waals surface area contributed by atoms with Gasteiger partial charge in [-0.3, -0.25) is 4.90 Å². The first-order valence-corrected chi connectivity index (χ1v) is 7.31. The van der Waals surface area contributed by atoms with Crippen LogP contribution in [0.3, 0.4) is 0 Å². The molecule has 0 bridgehead atoms. The van der Waals surface area contributed by atoms with Gasteiger partial charge in [-0.05, 0) is 17.5 Å². The standard InChI is InChI=1S/C18H21NO/c1-3-7-16(8-4-1)13-19-14-18(19)11-12-20-15-17-9-5-2-6-10-17/h1-10,18H,11-15H2/t18-,19?/m0/s1. The second kappa shape index (κ2) is 6.69. The second-order valence-electron chi connectivity index (χ2n) is 5.40. The predicted molar refractivity (Wildman–Crippen MR) is 81.4 cm³/mol. The van der Waals surface area contributed by atoms with Gasteiger partial charge < -0.3 is 4.74 Å². The number of nitrogens with zero attached hydrogens (tertiary/aromatic N) is 1. The predicted octanol–water partition coefficient (Wildman–Crippen LogP) is 3.48. The molecule has 2 aromatic carbocycles. The van der Waals surface area contributed by atoms with Crippen molar-refractivity contribution in [3.63, 3.8) is 0 Å². The number of rotatable bonds is 7. The van der Waals surface area contributed by atoms with E-state index in [9.17, 15) is 0 Å². The summed E-state index contributed by atoms with van der Waals surface area (Å²) in [5.41, 5.74) is 2.66. The summed E-state index contributed by atoms with van der Waals surface area (Å²) in [5.74, 6) is 0. The molecule has 1 fully saturated rings. The van der Waals surface area contributed by atoms with Crippen LogP contribution < -0.4 is 0 Å². The average molecular weight is 267 g/mol. The number of hydrogen-bond acceptors (Lipinski definition) is 2. The highest BCUT2D eigenvalue weighted by Gasteiger charge is 2.32. The van der Waals surface area contributed by atoms with E-state index in [1.165, 1.54) is 17.7 Å². The Morgan fingerprint density at radius 3 is 2.25 bits per heavy atom. The molecule has 20 heavy (non-hydrogen) atoms. The Morgan fingerprint density at radius 2 is 1.55 bits per heavy atom. The first-order valence-electron chi connectivity index (χ1n) is 7.31. The minimum absolute atomic E-state index is 0.714. The maximum atomic E-state index is 5.74. The number of hydrogen-bond donors (Lipinski definition) is 0. The SMILES string of the molecule is c1ccc(COCC[C@H]2CN2Cc2ccccc2)cc1. The van der Waals surface area contributed by atoms with Gasteiger partial charge in [-0.1, -0.05) is 60.7 Å². The van der Waals surface area contributed by atoms with Crippen LogP contribution >= 0.6 is 0 Å². The maximum Gasteiger partial charge on any atom is 0.0716 e. The largest absolute Gasteiger partial charge is 0.377 e. The van der Waals surface area contributed by atoms with Gasteiger partial charge in [0.1, 0.15) is 0 Å². The zero-order chi connectivity index (χ0) is 13.6. The van der Waals surface area contributed by atoms with Crippen LogP contribution in [0.25, 0.3) is 0 Å². The molecule has 2 atom stereocenters. The van der Waals surface area contributed by atoms with Crippen molar-refractivity contribution in [2.75, 3.05) is 13.2 Å². The quantitative estimate of drug-likeness (QED) is 0.562. The van der Waals surface area contributed by atoms with Gasteiger partial charge in [0.15, 0.2) is 0 Å². The monoisotopic (exact) mass is 267 g/mol. The van der Waals surface area contributed by atoms with Crippen molar-refractivity contribution in [3.05, 3.63) is 71.8 Å². The first-order chi connectivity index (χ1) is 9.92. The minimum atomic E-state index is 0.714. The molecule has 1 heterocycles. The summed E-state index contributed by atoms with van der Waals surface area (Å²) in [6.07, 6.45) is 1.14. The van der Waals surface area contributed by atoms with Gasteiger partial charge in [-0.15, -0.1) is 0 Å². The molecule has 0 N–H and O–H groups in total. The van der Waals surface area contributed by atoms with Gasteiger partial charge in [0.25, 0.3) is 0 Å². The molecule has 1 aliphatic heterocycles. The lowest BCUT2D eigenvalue weighted by Crippen LogP contribution is -2.05. The molecule has 0 radical (unpaired) electrons. The van der Waals surface area contributed by atoms with E-state index >= 15 is 0 Å². The fraction of sp³-hybridized carbons (Fsp3) is 0.333. The smallest absolute Gasteiger partial charge is 0.0716 e. The molecule has 1 aliphatic rings. The van der Waals surface area contributed by atoms with Crippen LogP contribution in [-0.2, 0) is 17.9 Å². The van der Waals surface area contributed by atoms with E-state index in [0.29, 0.717) is 6.04 Å². The van der Waals surface area contributed by atoms with Gasteiger partial charge in [0.2, 0.25) is 0 Å². The van der Waals surface area contributed by atoms with E-state index in [-0.39, 0.29) is 0 Å². The number of benzene rings is 2. The third-order valence-electron chi connectivity index (χ3n) is 3.76. The van der Waals surface area contributed by atoms with E-state index < -0.39 is 0 Å². The Labute approximate surface area is 121 Å². The Balaban J connectivity index is 1.31. The summed E-state index contributed by atoms with van der Waals surface area (Å²) in [6.45, 7) is 3.87. The summed E-state index contributed by atoms with van der Waals surface area (Å²) in [4.78, 5) is 2.50. The normalized spacial score (nSPS) is 20.8. The Bertz CT molecular complexity index is 511. The molecule has 104 valence electrons. The van der Waals surface area contributed by atoms with Crippen molar-refractivity contribution in [1.29, 1.82) is 0 Å². The lowest BCUT2D eigenvalue weighted by Gasteiger charge is -2.05. The summed E-state index contributed by atoms with van der Waals surface area (Å²) in [6, 6.07) is 21.8. The van der Waals surface area contributed by atoms with Crippen molar-refractivity contribution < 1.29 is 4.74 Å². The zero-order valence-electron chi connectivity index (χ0n) is 11.7. The van der Waals surface area contributed by atoms with Crippen LogP contribution in [0.4, 0.5) is 0 Å². The molecule has 1 saturated heterocycles. The molecular formula is C18H21NO. The zero-order valence-corrected chi connectivity index (χ0v) is 11.7. The highest BCUT2D eigenvalue weighted by molar-refractivity contribution is 5.16. The fourth-order valence-electron chi connectivity index (χ4n) is 2.49. The Morgan fingerprint density at radius 1 is 0.900 bits per heavy atom. The summed E-state index contributed by atoms with van der Waals surface area (Å²) in [7, 11) is 0. The molecule has 3 rings (SSSR count). The summed E-state index contributed by atoms with van der Waals surface area (Å²) in [5, 5.41) is 0. The van der Waals surface area contributed by atoms with E-state index in [4.69, 9.17) is 4.74 Å². The lowest BCUT2D eigenvalue weighted by atomic mass is 10.2. The molecule has 0 amide bonds. The van der Waals surface area contributed by atoms with E-state index in [1.807, 2.05) is 6.07 Å².